The van der Waals surface area contributed by atoms with E-state index in [4.69, 9.17) is 0 Å². The van der Waals surface area contributed by atoms with Gasteiger partial charge in [-0.25, -0.2) is 0 Å². The maximum atomic E-state index is 12.3. The Labute approximate surface area is 142 Å². The van der Waals surface area contributed by atoms with Crippen molar-refractivity contribution in [2.75, 3.05) is 0 Å². The number of nitrogens with one attached hydrogen (secondary N) is 1. The first kappa shape index (κ1) is 17.8. The van der Waals surface area contributed by atoms with E-state index in [2.05, 4.69) is 15.4 Å². The molecule has 0 unspecified atom stereocenters. The minimum absolute atomic E-state index is 0.0318. The zero-order valence-electron chi connectivity index (χ0n) is 14.9. The Balaban J connectivity index is 2.00. The standard InChI is InChI=1S/C18H24N4O2/c1-11-7-6-8-19-16(11)9-12(2)20-17(24)10-22-14(4)18(15(5)23)13(3)21-22/h6-8,12H,9-10H2,1-5H3,(H,20,24)/t12-/m0/s1. The molecule has 0 saturated carbocycles. The summed E-state index contributed by atoms with van der Waals surface area (Å²) in [6.45, 7) is 9.17. The van der Waals surface area contributed by atoms with Crippen LogP contribution in [0, 0.1) is 20.8 Å². The van der Waals surface area contributed by atoms with Gasteiger partial charge >= 0.3 is 0 Å². The van der Waals surface area contributed by atoms with E-state index in [9.17, 15) is 9.59 Å². The monoisotopic (exact) mass is 328 g/mol. The van der Waals surface area contributed by atoms with E-state index < -0.39 is 0 Å². The number of amides is 1. The van der Waals surface area contributed by atoms with Crippen molar-refractivity contribution in [3.8, 4) is 0 Å². The Morgan fingerprint density at radius 2 is 2.00 bits per heavy atom. The number of Topliss-reactive ketones (excluding diaryl/α,β-unsaturated/α-hetero) is 1. The molecule has 0 bridgehead atoms. The molecule has 0 spiro atoms. The fourth-order valence-corrected chi connectivity index (χ4v) is 2.89. The Morgan fingerprint density at radius 1 is 1.29 bits per heavy atom. The molecule has 128 valence electrons. The third kappa shape index (κ3) is 4.07. The first-order valence-electron chi connectivity index (χ1n) is 8.04. The van der Waals surface area contributed by atoms with Gasteiger partial charge in [-0.05, 0) is 46.2 Å². The summed E-state index contributed by atoms with van der Waals surface area (Å²) in [5.74, 6) is -0.160. The lowest BCUT2D eigenvalue weighted by atomic mass is 10.1. The average molecular weight is 328 g/mol. The molecule has 0 fully saturated rings. The van der Waals surface area contributed by atoms with Crippen LogP contribution >= 0.6 is 0 Å². The van der Waals surface area contributed by atoms with E-state index in [1.807, 2.05) is 32.9 Å². The molecule has 0 radical (unpaired) electrons. The lowest BCUT2D eigenvalue weighted by molar-refractivity contribution is -0.122. The van der Waals surface area contributed by atoms with Crippen LogP contribution in [-0.4, -0.2) is 32.5 Å². The van der Waals surface area contributed by atoms with E-state index in [-0.39, 0.29) is 24.3 Å². The molecule has 6 nitrogen and oxygen atoms in total. The quantitative estimate of drug-likeness (QED) is 0.824. The second kappa shape index (κ2) is 7.38. The largest absolute Gasteiger partial charge is 0.352 e. The van der Waals surface area contributed by atoms with Crippen LogP contribution in [0.15, 0.2) is 18.3 Å². The fraction of sp³-hybridized carbons (Fsp3) is 0.444. The van der Waals surface area contributed by atoms with Crippen LogP contribution in [0.2, 0.25) is 0 Å². The maximum Gasteiger partial charge on any atom is 0.241 e. The van der Waals surface area contributed by atoms with Gasteiger partial charge in [-0.2, -0.15) is 5.10 Å². The number of aromatic nitrogens is 3. The van der Waals surface area contributed by atoms with Crippen LogP contribution in [0.5, 0.6) is 0 Å². The summed E-state index contributed by atoms with van der Waals surface area (Å²) in [5, 5.41) is 7.26. The molecule has 2 rings (SSSR count). The van der Waals surface area contributed by atoms with Crippen molar-refractivity contribution in [2.24, 2.45) is 0 Å². The van der Waals surface area contributed by atoms with Gasteiger partial charge in [-0.3, -0.25) is 19.3 Å². The van der Waals surface area contributed by atoms with Crippen LogP contribution in [0.4, 0.5) is 0 Å². The second-order valence-electron chi connectivity index (χ2n) is 6.20. The van der Waals surface area contributed by atoms with Gasteiger partial charge in [-0.15, -0.1) is 0 Å². The summed E-state index contributed by atoms with van der Waals surface area (Å²) in [5.41, 5.74) is 4.08. The van der Waals surface area contributed by atoms with E-state index in [0.29, 0.717) is 17.7 Å². The highest BCUT2D eigenvalue weighted by molar-refractivity contribution is 5.96. The lowest BCUT2D eigenvalue weighted by Gasteiger charge is -2.15. The molecular weight excluding hydrogens is 304 g/mol. The summed E-state index contributed by atoms with van der Waals surface area (Å²) < 4.78 is 1.58. The Bertz CT molecular complexity index is 764. The molecule has 0 aliphatic rings. The zero-order valence-corrected chi connectivity index (χ0v) is 14.9. The molecule has 24 heavy (non-hydrogen) atoms. The molecule has 0 aliphatic heterocycles. The van der Waals surface area contributed by atoms with Crippen LogP contribution in [0.3, 0.4) is 0 Å². The van der Waals surface area contributed by atoms with Crippen molar-refractivity contribution in [1.29, 1.82) is 0 Å². The molecule has 0 aliphatic carbocycles. The van der Waals surface area contributed by atoms with Crippen molar-refractivity contribution in [3.05, 3.63) is 46.5 Å². The average Bonchev–Trinajstić information content (AvgIpc) is 2.75. The number of carbonyl (C=O) groups excluding carboxylic acids is 2. The maximum absolute atomic E-state index is 12.3. The van der Waals surface area contributed by atoms with Gasteiger partial charge in [0.2, 0.25) is 5.91 Å². The van der Waals surface area contributed by atoms with Crippen LogP contribution in [0.25, 0.3) is 0 Å². The molecular formula is C18H24N4O2. The normalized spacial score (nSPS) is 12.0. The van der Waals surface area contributed by atoms with E-state index in [0.717, 1.165) is 17.0 Å². The minimum atomic E-state index is -0.128. The summed E-state index contributed by atoms with van der Waals surface area (Å²) in [6, 6.07) is 3.88. The van der Waals surface area contributed by atoms with Crippen molar-refractivity contribution < 1.29 is 9.59 Å². The molecule has 6 heteroatoms. The second-order valence-corrected chi connectivity index (χ2v) is 6.20. The van der Waals surface area contributed by atoms with Crippen molar-refractivity contribution in [1.82, 2.24) is 20.1 Å². The van der Waals surface area contributed by atoms with Gasteiger partial charge in [0.1, 0.15) is 6.54 Å². The van der Waals surface area contributed by atoms with Crippen LogP contribution < -0.4 is 5.32 Å². The van der Waals surface area contributed by atoms with E-state index >= 15 is 0 Å². The number of aryl methyl sites for hydroxylation is 2. The third-order valence-corrected chi connectivity index (χ3v) is 4.05. The number of carbonyl (C=O) groups is 2. The molecule has 1 atom stereocenters. The van der Waals surface area contributed by atoms with Gasteiger partial charge in [0.05, 0.1) is 11.3 Å². The highest BCUT2D eigenvalue weighted by Crippen LogP contribution is 2.13. The van der Waals surface area contributed by atoms with Gasteiger partial charge in [-0.1, -0.05) is 6.07 Å². The van der Waals surface area contributed by atoms with Gasteiger partial charge in [0, 0.05) is 30.0 Å². The highest BCUT2D eigenvalue weighted by atomic mass is 16.2. The number of hydrogen-bond acceptors (Lipinski definition) is 4. The lowest BCUT2D eigenvalue weighted by Crippen LogP contribution is -2.37. The number of pyridine rings is 1. The zero-order chi connectivity index (χ0) is 17.9. The van der Waals surface area contributed by atoms with Crippen molar-refractivity contribution in [3.63, 3.8) is 0 Å². The van der Waals surface area contributed by atoms with Crippen molar-refractivity contribution in [2.45, 2.75) is 53.6 Å². The van der Waals surface area contributed by atoms with Crippen molar-refractivity contribution >= 4 is 11.7 Å². The molecule has 0 aromatic carbocycles. The number of hydrogen-bond donors (Lipinski definition) is 1. The summed E-state index contributed by atoms with van der Waals surface area (Å²) in [6.07, 6.45) is 2.43. The van der Waals surface area contributed by atoms with Gasteiger partial charge < -0.3 is 5.32 Å². The van der Waals surface area contributed by atoms with Crippen LogP contribution in [-0.2, 0) is 17.8 Å². The molecule has 1 amide bonds. The summed E-state index contributed by atoms with van der Waals surface area (Å²) >= 11 is 0. The Morgan fingerprint density at radius 3 is 2.58 bits per heavy atom. The summed E-state index contributed by atoms with van der Waals surface area (Å²) in [4.78, 5) is 28.3. The van der Waals surface area contributed by atoms with E-state index in [1.54, 1.807) is 17.8 Å². The molecule has 2 aromatic heterocycles. The first-order chi connectivity index (χ1) is 11.3. The topological polar surface area (TPSA) is 76.9 Å². The number of rotatable bonds is 6. The predicted molar refractivity (Wildman–Crippen MR) is 92.0 cm³/mol. The highest BCUT2D eigenvalue weighted by Gasteiger charge is 2.17. The molecule has 1 N–H and O–H groups in total. The Hall–Kier alpha value is -2.50. The number of nitrogens with zero attached hydrogens (tertiary/aromatic N) is 3. The first-order valence-corrected chi connectivity index (χ1v) is 8.04. The molecule has 2 aromatic rings. The third-order valence-electron chi connectivity index (χ3n) is 4.05. The molecule has 2 heterocycles. The van der Waals surface area contributed by atoms with E-state index in [1.165, 1.54) is 6.92 Å². The SMILES string of the molecule is CC(=O)c1c(C)nn(CC(=O)N[C@@H](C)Cc2ncccc2C)c1C. The molecule has 0 saturated heterocycles. The smallest absolute Gasteiger partial charge is 0.241 e. The summed E-state index contributed by atoms with van der Waals surface area (Å²) in [7, 11) is 0. The number of ketones is 1. The predicted octanol–water partition coefficient (Wildman–Crippen LogP) is 2.15. The van der Waals surface area contributed by atoms with Crippen LogP contribution in [0.1, 0.15) is 46.9 Å². The minimum Gasteiger partial charge on any atom is -0.352 e. The van der Waals surface area contributed by atoms with Gasteiger partial charge in [0.25, 0.3) is 0 Å². The van der Waals surface area contributed by atoms with Gasteiger partial charge in [0.15, 0.2) is 5.78 Å². The Kier molecular flexibility index (Phi) is 5.49. The fourth-order valence-electron chi connectivity index (χ4n) is 2.89.